The van der Waals surface area contributed by atoms with Gasteiger partial charge in [0, 0.05) is 18.0 Å². The molecule has 1 fully saturated rings. The van der Waals surface area contributed by atoms with Crippen molar-refractivity contribution >= 4 is 11.6 Å². The molecule has 0 saturated heterocycles. The predicted octanol–water partition coefficient (Wildman–Crippen LogP) is 3.81. The fraction of sp³-hybridized carbons (Fsp3) is 0.368. The normalized spacial score (nSPS) is 14.9. The SMILES string of the molecule is O=C(Nc1cc[nH]c(=O)c1)c1ccc(CF)cc1OC1CCCCC1. The van der Waals surface area contributed by atoms with Crippen molar-refractivity contribution in [2.75, 3.05) is 5.32 Å². The molecule has 1 aliphatic carbocycles. The Bertz CT molecular complexity index is 797. The number of amides is 1. The maximum Gasteiger partial charge on any atom is 0.259 e. The molecule has 6 heteroatoms. The first kappa shape index (κ1) is 17.2. The number of H-pyrrole nitrogens is 1. The second-order valence-corrected chi connectivity index (χ2v) is 6.24. The lowest BCUT2D eigenvalue weighted by atomic mass is 9.97. The largest absolute Gasteiger partial charge is 0.490 e. The third-order valence-electron chi connectivity index (χ3n) is 4.32. The standard InChI is InChI=1S/C19H21FN2O3/c20-12-13-6-7-16(17(10-13)25-15-4-2-1-3-5-15)19(24)22-14-8-9-21-18(23)11-14/h6-11,15H,1-5,12H2,(H2,21,22,23,24). The fourth-order valence-corrected chi connectivity index (χ4v) is 3.02. The van der Waals surface area contributed by atoms with Gasteiger partial charge in [-0.15, -0.1) is 0 Å². The van der Waals surface area contributed by atoms with Crippen molar-refractivity contribution in [2.24, 2.45) is 0 Å². The van der Waals surface area contributed by atoms with E-state index in [-0.39, 0.29) is 17.6 Å². The molecule has 1 aliphatic rings. The molecule has 25 heavy (non-hydrogen) atoms. The van der Waals surface area contributed by atoms with Gasteiger partial charge in [-0.05, 0) is 49.4 Å². The lowest BCUT2D eigenvalue weighted by Crippen LogP contribution is -2.22. The molecule has 132 valence electrons. The number of ether oxygens (including phenoxy) is 1. The van der Waals surface area contributed by atoms with Gasteiger partial charge in [0.15, 0.2) is 0 Å². The summed E-state index contributed by atoms with van der Waals surface area (Å²) in [7, 11) is 0. The molecule has 0 radical (unpaired) electrons. The number of carbonyl (C=O) groups excluding carboxylic acids is 1. The van der Waals surface area contributed by atoms with Crippen molar-refractivity contribution in [3.8, 4) is 5.75 Å². The minimum Gasteiger partial charge on any atom is -0.490 e. The molecule has 0 unspecified atom stereocenters. The van der Waals surface area contributed by atoms with Crippen LogP contribution in [0.1, 0.15) is 48.0 Å². The summed E-state index contributed by atoms with van der Waals surface area (Å²) in [6.07, 6.45) is 6.78. The van der Waals surface area contributed by atoms with Gasteiger partial charge in [0.2, 0.25) is 5.56 Å². The van der Waals surface area contributed by atoms with Crippen LogP contribution in [0.5, 0.6) is 5.75 Å². The topological polar surface area (TPSA) is 71.2 Å². The van der Waals surface area contributed by atoms with Crippen LogP contribution in [0.25, 0.3) is 0 Å². The van der Waals surface area contributed by atoms with Crippen molar-refractivity contribution in [3.05, 3.63) is 58.0 Å². The zero-order chi connectivity index (χ0) is 17.6. The summed E-state index contributed by atoms with van der Waals surface area (Å²) >= 11 is 0. The summed E-state index contributed by atoms with van der Waals surface area (Å²) in [5.41, 5.74) is 0.901. The van der Waals surface area contributed by atoms with Crippen molar-refractivity contribution in [3.63, 3.8) is 0 Å². The fourth-order valence-electron chi connectivity index (χ4n) is 3.02. The highest BCUT2D eigenvalue weighted by Gasteiger charge is 2.20. The third kappa shape index (κ3) is 4.47. The smallest absolute Gasteiger partial charge is 0.259 e. The lowest BCUT2D eigenvalue weighted by molar-refractivity contribution is 0.101. The van der Waals surface area contributed by atoms with Crippen LogP contribution >= 0.6 is 0 Å². The summed E-state index contributed by atoms with van der Waals surface area (Å²) in [4.78, 5) is 26.4. The summed E-state index contributed by atoms with van der Waals surface area (Å²) in [5.74, 6) is 0.00575. The van der Waals surface area contributed by atoms with E-state index in [9.17, 15) is 14.0 Å². The average molecular weight is 344 g/mol. The van der Waals surface area contributed by atoms with Crippen LogP contribution in [-0.4, -0.2) is 17.0 Å². The maximum atomic E-state index is 13.0. The number of benzene rings is 1. The lowest BCUT2D eigenvalue weighted by Gasteiger charge is -2.24. The molecule has 3 rings (SSSR count). The van der Waals surface area contributed by atoms with E-state index in [0.29, 0.717) is 22.6 Å². The Hall–Kier alpha value is -2.63. The molecule has 1 amide bonds. The number of hydrogen-bond acceptors (Lipinski definition) is 3. The molecule has 2 N–H and O–H groups in total. The maximum absolute atomic E-state index is 13.0. The molecule has 1 heterocycles. The highest BCUT2D eigenvalue weighted by molar-refractivity contribution is 6.06. The third-order valence-corrected chi connectivity index (χ3v) is 4.32. The Labute approximate surface area is 145 Å². The molecule has 2 aromatic rings. The Morgan fingerprint density at radius 2 is 2.00 bits per heavy atom. The Morgan fingerprint density at radius 1 is 1.20 bits per heavy atom. The molecule has 1 aromatic carbocycles. The van der Waals surface area contributed by atoms with Crippen LogP contribution < -0.4 is 15.6 Å². The highest BCUT2D eigenvalue weighted by atomic mass is 19.1. The van der Waals surface area contributed by atoms with Crippen LogP contribution in [0.15, 0.2) is 41.3 Å². The molecule has 0 bridgehead atoms. The first-order valence-corrected chi connectivity index (χ1v) is 8.51. The van der Waals surface area contributed by atoms with Crippen LogP contribution in [0.4, 0.5) is 10.1 Å². The number of halogens is 1. The Balaban J connectivity index is 1.83. The minimum absolute atomic E-state index is 0.0507. The van der Waals surface area contributed by atoms with Crippen LogP contribution in [0, 0.1) is 0 Å². The van der Waals surface area contributed by atoms with Gasteiger partial charge < -0.3 is 15.0 Å². The van der Waals surface area contributed by atoms with E-state index < -0.39 is 6.67 Å². The van der Waals surface area contributed by atoms with Gasteiger partial charge in [0.1, 0.15) is 12.4 Å². The average Bonchev–Trinajstić information content (AvgIpc) is 2.62. The predicted molar refractivity (Wildman–Crippen MR) is 93.8 cm³/mol. The van der Waals surface area contributed by atoms with Gasteiger partial charge in [-0.25, -0.2) is 4.39 Å². The summed E-state index contributed by atoms with van der Waals surface area (Å²) in [5, 5.41) is 2.68. The van der Waals surface area contributed by atoms with E-state index in [2.05, 4.69) is 10.3 Å². The van der Waals surface area contributed by atoms with E-state index in [1.807, 2.05) is 0 Å². The van der Waals surface area contributed by atoms with Crippen molar-refractivity contribution in [1.82, 2.24) is 4.98 Å². The van der Waals surface area contributed by atoms with Gasteiger partial charge in [-0.3, -0.25) is 9.59 Å². The monoisotopic (exact) mass is 344 g/mol. The van der Waals surface area contributed by atoms with E-state index in [0.717, 1.165) is 25.7 Å². The second kappa shape index (κ2) is 7.96. The number of alkyl halides is 1. The van der Waals surface area contributed by atoms with Gasteiger partial charge in [0.25, 0.3) is 5.91 Å². The van der Waals surface area contributed by atoms with E-state index >= 15 is 0 Å². The minimum atomic E-state index is -0.614. The molecular weight excluding hydrogens is 323 g/mol. The first-order valence-electron chi connectivity index (χ1n) is 8.51. The first-order chi connectivity index (χ1) is 12.2. The number of rotatable bonds is 5. The quantitative estimate of drug-likeness (QED) is 0.866. The molecule has 5 nitrogen and oxygen atoms in total. The molecular formula is C19H21FN2O3. The Morgan fingerprint density at radius 3 is 2.72 bits per heavy atom. The summed E-state index contributed by atoms with van der Waals surface area (Å²) in [6.45, 7) is -0.614. The number of carbonyl (C=O) groups is 1. The molecule has 0 aliphatic heterocycles. The number of pyridine rings is 1. The summed E-state index contributed by atoms with van der Waals surface area (Å²) < 4.78 is 19.0. The van der Waals surface area contributed by atoms with E-state index in [1.165, 1.54) is 18.7 Å². The second-order valence-electron chi connectivity index (χ2n) is 6.24. The number of hydrogen-bond donors (Lipinski definition) is 2. The van der Waals surface area contributed by atoms with Gasteiger partial charge in [0.05, 0.1) is 11.7 Å². The van der Waals surface area contributed by atoms with Crippen LogP contribution in [0.2, 0.25) is 0 Å². The number of aromatic nitrogens is 1. The van der Waals surface area contributed by atoms with Crippen LogP contribution in [-0.2, 0) is 6.67 Å². The molecule has 1 aromatic heterocycles. The number of anilines is 1. The van der Waals surface area contributed by atoms with Gasteiger partial charge >= 0.3 is 0 Å². The molecule has 0 atom stereocenters. The van der Waals surface area contributed by atoms with E-state index in [4.69, 9.17) is 4.74 Å². The zero-order valence-corrected chi connectivity index (χ0v) is 13.9. The molecule has 0 spiro atoms. The van der Waals surface area contributed by atoms with Crippen LogP contribution in [0.3, 0.4) is 0 Å². The number of nitrogens with one attached hydrogen (secondary N) is 2. The van der Waals surface area contributed by atoms with Crippen molar-refractivity contribution in [1.29, 1.82) is 0 Å². The van der Waals surface area contributed by atoms with Gasteiger partial charge in [-0.2, -0.15) is 0 Å². The van der Waals surface area contributed by atoms with Crippen molar-refractivity contribution < 1.29 is 13.9 Å². The van der Waals surface area contributed by atoms with Gasteiger partial charge in [-0.1, -0.05) is 12.5 Å². The highest BCUT2D eigenvalue weighted by Crippen LogP contribution is 2.28. The Kier molecular flexibility index (Phi) is 5.48. The summed E-state index contributed by atoms with van der Waals surface area (Å²) in [6, 6.07) is 7.61. The van der Waals surface area contributed by atoms with Crippen molar-refractivity contribution in [2.45, 2.75) is 44.9 Å². The van der Waals surface area contributed by atoms with E-state index in [1.54, 1.807) is 24.3 Å². The molecule has 1 saturated carbocycles. The zero-order valence-electron chi connectivity index (χ0n) is 13.9. The number of aromatic amines is 1.